The second-order valence-corrected chi connectivity index (χ2v) is 5.17. The molecule has 126 valence electrons. The van der Waals surface area contributed by atoms with Crippen LogP contribution in [0.25, 0.3) is 11.5 Å². The molecule has 0 aliphatic heterocycles. The average Bonchev–Trinajstić information content (AvgIpc) is 2.93. The highest BCUT2D eigenvalue weighted by atomic mass is 35.5. The first kappa shape index (κ1) is 19.2. The fourth-order valence-corrected chi connectivity index (χ4v) is 2.05. The van der Waals surface area contributed by atoms with Crippen molar-refractivity contribution in [2.75, 3.05) is 19.0 Å². The van der Waals surface area contributed by atoms with Crippen molar-refractivity contribution in [2.45, 2.75) is 26.4 Å². The number of nitrogens with zero attached hydrogens (tertiary/aromatic N) is 1. The summed E-state index contributed by atoms with van der Waals surface area (Å²) in [5.41, 5.74) is 8.85. The van der Waals surface area contributed by atoms with Gasteiger partial charge in [-0.2, -0.15) is 0 Å². The maximum Gasteiger partial charge on any atom is 0.227 e. The van der Waals surface area contributed by atoms with E-state index in [1.807, 2.05) is 32.0 Å². The molecular weight excluding hydrogens is 318 g/mol. The Bertz CT molecular complexity index is 654. The Hall–Kier alpha value is -1.89. The van der Waals surface area contributed by atoms with Gasteiger partial charge in [0.15, 0.2) is 0 Å². The number of methoxy groups -OCH3 is 1. The molecule has 0 fully saturated rings. The minimum absolute atomic E-state index is 0. The first-order valence-corrected chi connectivity index (χ1v) is 7.09. The molecule has 23 heavy (non-hydrogen) atoms. The molecule has 2 rings (SSSR count). The van der Waals surface area contributed by atoms with Gasteiger partial charge in [-0.25, -0.2) is 4.98 Å². The summed E-state index contributed by atoms with van der Waals surface area (Å²) in [5.74, 6) is 0.394. The third-order valence-electron chi connectivity index (χ3n) is 3.39. The third kappa shape index (κ3) is 5.06. The number of benzene rings is 1. The lowest BCUT2D eigenvalue weighted by Gasteiger charge is -2.14. The van der Waals surface area contributed by atoms with Gasteiger partial charge in [0.05, 0.1) is 18.2 Å². The molecule has 0 radical (unpaired) electrons. The third-order valence-corrected chi connectivity index (χ3v) is 3.39. The van der Waals surface area contributed by atoms with Crippen LogP contribution in [-0.4, -0.2) is 30.6 Å². The lowest BCUT2D eigenvalue weighted by molar-refractivity contribution is -0.118. The van der Waals surface area contributed by atoms with E-state index < -0.39 is 0 Å². The van der Waals surface area contributed by atoms with Crippen molar-refractivity contribution in [1.82, 2.24) is 4.98 Å². The van der Waals surface area contributed by atoms with Gasteiger partial charge in [-0.1, -0.05) is 6.07 Å². The molecule has 0 saturated carbocycles. The molecule has 1 atom stereocenters. The summed E-state index contributed by atoms with van der Waals surface area (Å²) in [4.78, 5) is 16.3. The quantitative estimate of drug-likeness (QED) is 0.844. The summed E-state index contributed by atoms with van der Waals surface area (Å²) >= 11 is 0. The van der Waals surface area contributed by atoms with Crippen LogP contribution in [0.5, 0.6) is 0 Å². The molecule has 7 heteroatoms. The molecule has 1 aromatic carbocycles. The maximum absolute atomic E-state index is 12.1. The number of carbonyl (C=O) groups is 1. The van der Waals surface area contributed by atoms with Crippen LogP contribution in [0.1, 0.15) is 17.7 Å². The van der Waals surface area contributed by atoms with Crippen LogP contribution in [0, 0.1) is 13.8 Å². The number of amides is 1. The van der Waals surface area contributed by atoms with Crippen LogP contribution in [0.2, 0.25) is 0 Å². The van der Waals surface area contributed by atoms with Gasteiger partial charge < -0.3 is 20.2 Å². The molecule has 0 aliphatic carbocycles. The van der Waals surface area contributed by atoms with Crippen LogP contribution in [0.15, 0.2) is 28.9 Å². The van der Waals surface area contributed by atoms with Gasteiger partial charge in [-0.3, -0.25) is 4.79 Å². The highest BCUT2D eigenvalue weighted by Gasteiger charge is 2.13. The summed E-state index contributed by atoms with van der Waals surface area (Å²) < 4.78 is 10.5. The van der Waals surface area contributed by atoms with Crippen LogP contribution >= 0.6 is 12.4 Å². The average molecular weight is 340 g/mol. The van der Waals surface area contributed by atoms with Crippen molar-refractivity contribution in [3.05, 3.63) is 35.7 Å². The fourth-order valence-electron chi connectivity index (χ4n) is 2.05. The molecule has 3 N–H and O–H groups in total. The van der Waals surface area contributed by atoms with Crippen molar-refractivity contribution in [1.29, 1.82) is 0 Å². The van der Waals surface area contributed by atoms with Gasteiger partial charge in [-0.15, -0.1) is 12.4 Å². The number of anilines is 1. The summed E-state index contributed by atoms with van der Waals surface area (Å²) in [6.07, 6.45) is 1.53. The van der Waals surface area contributed by atoms with E-state index in [4.69, 9.17) is 14.9 Å². The molecule has 1 amide bonds. The Morgan fingerprint density at radius 3 is 2.74 bits per heavy atom. The number of nitrogens with one attached hydrogen (secondary N) is 1. The number of aryl methyl sites for hydroxylation is 2. The lowest BCUT2D eigenvalue weighted by Crippen LogP contribution is -2.28. The summed E-state index contributed by atoms with van der Waals surface area (Å²) in [7, 11) is 1.54. The van der Waals surface area contributed by atoms with Gasteiger partial charge in [-0.05, 0) is 31.5 Å². The topological polar surface area (TPSA) is 90.4 Å². The summed E-state index contributed by atoms with van der Waals surface area (Å²) in [6, 6.07) is 5.68. The largest absolute Gasteiger partial charge is 0.444 e. The Morgan fingerprint density at radius 2 is 2.17 bits per heavy atom. The van der Waals surface area contributed by atoms with Crippen LogP contribution < -0.4 is 11.1 Å². The predicted molar refractivity (Wildman–Crippen MR) is 91.8 cm³/mol. The molecule has 0 aliphatic rings. The predicted octanol–water partition coefficient (Wildman–Crippen LogP) is 2.68. The number of carbonyl (C=O) groups excluding carboxylic acids is 1. The van der Waals surface area contributed by atoms with Crippen molar-refractivity contribution >= 4 is 24.0 Å². The molecule has 1 heterocycles. The van der Waals surface area contributed by atoms with Gasteiger partial charge >= 0.3 is 0 Å². The minimum Gasteiger partial charge on any atom is -0.444 e. The summed E-state index contributed by atoms with van der Waals surface area (Å²) in [6.45, 7) is 4.09. The highest BCUT2D eigenvalue weighted by molar-refractivity contribution is 5.92. The highest BCUT2D eigenvalue weighted by Crippen LogP contribution is 2.25. The number of nitrogens with two attached hydrogens (primary N) is 1. The normalized spacial score (nSPS) is 11.7. The first-order chi connectivity index (χ1) is 10.5. The number of aromatic nitrogens is 1. The van der Waals surface area contributed by atoms with Gasteiger partial charge in [0, 0.05) is 24.9 Å². The standard InChI is InChI=1S/C16H21N3O3.ClH/c1-10-4-5-12(16-18-11(2)9-22-16)6-14(10)19-15(20)7-13(8-17)21-3;/h4-6,9,13H,7-8,17H2,1-3H3,(H,19,20);1H. The second kappa shape index (κ2) is 8.67. The van der Waals surface area contributed by atoms with E-state index >= 15 is 0 Å². The van der Waals surface area contributed by atoms with Gasteiger partial charge in [0.25, 0.3) is 0 Å². The van der Waals surface area contributed by atoms with Gasteiger partial charge in [0.1, 0.15) is 6.26 Å². The van der Waals surface area contributed by atoms with Crippen molar-refractivity contribution in [3.63, 3.8) is 0 Å². The zero-order chi connectivity index (χ0) is 16.1. The van der Waals surface area contributed by atoms with Crippen LogP contribution in [0.3, 0.4) is 0 Å². The van der Waals surface area contributed by atoms with Crippen molar-refractivity contribution < 1.29 is 13.9 Å². The lowest BCUT2D eigenvalue weighted by atomic mass is 10.1. The van der Waals surface area contributed by atoms with E-state index in [1.165, 1.54) is 0 Å². The molecule has 6 nitrogen and oxygen atoms in total. The number of hydrogen-bond acceptors (Lipinski definition) is 5. The number of oxazole rings is 1. The monoisotopic (exact) mass is 339 g/mol. The number of ether oxygens (including phenoxy) is 1. The van der Waals surface area contributed by atoms with Crippen LogP contribution in [0.4, 0.5) is 5.69 Å². The molecule has 2 aromatic rings. The number of halogens is 1. The molecule has 0 spiro atoms. The van der Waals surface area contributed by atoms with E-state index in [1.54, 1.807) is 13.4 Å². The summed E-state index contributed by atoms with van der Waals surface area (Å²) in [5, 5.41) is 2.88. The minimum atomic E-state index is -0.280. The first-order valence-electron chi connectivity index (χ1n) is 7.09. The Labute approximate surface area is 141 Å². The maximum atomic E-state index is 12.1. The smallest absolute Gasteiger partial charge is 0.227 e. The Morgan fingerprint density at radius 1 is 1.43 bits per heavy atom. The number of rotatable bonds is 6. The van der Waals surface area contributed by atoms with E-state index in [-0.39, 0.29) is 30.8 Å². The van der Waals surface area contributed by atoms with Gasteiger partial charge in [0.2, 0.25) is 11.8 Å². The Kier molecular flexibility index (Phi) is 7.22. The molecule has 1 unspecified atom stereocenters. The van der Waals surface area contributed by atoms with E-state index in [0.29, 0.717) is 12.4 Å². The second-order valence-electron chi connectivity index (χ2n) is 5.17. The molecule has 0 saturated heterocycles. The fraction of sp³-hybridized carbons (Fsp3) is 0.375. The molecule has 0 bridgehead atoms. The van der Waals surface area contributed by atoms with E-state index in [9.17, 15) is 4.79 Å². The SMILES string of the molecule is COC(CN)CC(=O)Nc1cc(-c2nc(C)co2)ccc1C.Cl. The molecular formula is C16H22ClN3O3. The molecule has 1 aromatic heterocycles. The van der Waals surface area contributed by atoms with Crippen LogP contribution in [-0.2, 0) is 9.53 Å². The van der Waals surface area contributed by atoms with Crippen molar-refractivity contribution in [2.24, 2.45) is 5.73 Å². The Balaban J connectivity index is 0.00000264. The zero-order valence-corrected chi connectivity index (χ0v) is 14.3. The number of hydrogen-bond donors (Lipinski definition) is 2. The van der Waals surface area contributed by atoms with E-state index in [2.05, 4.69) is 10.3 Å². The van der Waals surface area contributed by atoms with Crippen molar-refractivity contribution in [3.8, 4) is 11.5 Å². The zero-order valence-electron chi connectivity index (χ0n) is 13.5. The van der Waals surface area contributed by atoms with E-state index in [0.717, 1.165) is 22.5 Å².